The standard InChI is InChI=1S/C19H17BrClFO3.C19H18BrFO3.C18H18BrClFNO3S.C16H13BrClFO3S.C13H8BrClFNO.C12H24B2O4.C2H5ClO2S/c1-19(2,3)25-17(23)9-12-8-15(20)14(10-16(12)21)18(24)11-4-6-13(22)7-5-11;1-19(2,3)24-17(22)11-12-4-9-15(16(20)10-12)18(23)13-5-7-14(21)8-6-13;1-3-9-22(26(24,25)4-2)17-11-15(19)14(10-16(17)20)18(23)12-5-7-13(21)8-6-12;1-2-23(21,22)9-11-7-14(17)13(8-15(11)18)16(20)10-3-5-12(19)6-4-10;14-10-6-12(17)11(15)5-9(10)13(18)7-1-3-8(16)4-2-7;1-9(2)10(3,4)16-13(15-9)14-17-11(5,6)12(7,8)18-14;1-2-6(3,4)5/h4-8,10H,9H2,1-3H3;4-10H,11H2,1-3H3;5-8,10-11H,3-4,9H2,1-2H3;3-8H,2,9H2,1H3;1-6H,17H2;1-8H3;2H2,1H3. The first kappa shape index (κ1) is 121. The highest BCUT2D eigenvalue weighted by atomic mass is 79.9. The molecule has 0 unspecified atom stereocenters. The summed E-state index contributed by atoms with van der Waals surface area (Å²) in [6, 6.07) is 43.5. The zero-order valence-electron chi connectivity index (χ0n) is 79.4. The van der Waals surface area contributed by atoms with Crippen molar-refractivity contribution in [2.24, 2.45) is 0 Å². The highest BCUT2D eigenvalue weighted by Crippen LogP contribution is 2.44. The fourth-order valence-electron chi connectivity index (χ4n) is 12.2. The Kier molecular flexibility index (Phi) is 44.5. The fraction of sp³-hybridized carbons (Fsp3) is 0.323. The Morgan fingerprint density at radius 1 is 0.386 bits per heavy atom. The van der Waals surface area contributed by atoms with Gasteiger partial charge in [0.2, 0.25) is 19.1 Å². The molecule has 0 radical (unpaired) electrons. The molecule has 752 valence electrons. The van der Waals surface area contributed by atoms with Crippen LogP contribution in [0.2, 0.25) is 20.1 Å². The first-order valence-electron chi connectivity index (χ1n) is 42.9. The van der Waals surface area contributed by atoms with Gasteiger partial charge in [-0.1, -0.05) is 121 Å². The van der Waals surface area contributed by atoms with Crippen molar-refractivity contribution in [2.45, 2.75) is 183 Å². The van der Waals surface area contributed by atoms with E-state index in [9.17, 15) is 80.8 Å². The number of ketones is 5. The number of sulfonamides is 1. The molecule has 0 spiro atoms. The van der Waals surface area contributed by atoms with E-state index in [1.807, 2.05) is 83.1 Å². The molecule has 41 heteroatoms. The molecule has 2 N–H and O–H groups in total. The van der Waals surface area contributed by atoms with Crippen LogP contribution in [0.4, 0.5) is 33.3 Å². The molecule has 140 heavy (non-hydrogen) atoms. The Labute approximate surface area is 881 Å². The lowest BCUT2D eigenvalue weighted by molar-refractivity contribution is -0.155. The molecular formula is C99H103B2Br5Cl5F5N2O19S3. The summed E-state index contributed by atoms with van der Waals surface area (Å²) in [5, 5.41) is 0.961. The quantitative estimate of drug-likeness (QED) is 0.0147. The lowest BCUT2D eigenvalue weighted by atomic mass is 9.49. The van der Waals surface area contributed by atoms with Crippen LogP contribution in [0.3, 0.4) is 0 Å². The molecule has 2 aliphatic heterocycles. The zero-order chi connectivity index (χ0) is 106. The van der Waals surface area contributed by atoms with E-state index in [1.165, 1.54) is 169 Å². The predicted molar refractivity (Wildman–Crippen MR) is 561 cm³/mol. The van der Waals surface area contributed by atoms with Crippen molar-refractivity contribution >= 4 is 232 Å². The van der Waals surface area contributed by atoms with Gasteiger partial charge in [-0.25, -0.2) is 47.2 Å². The van der Waals surface area contributed by atoms with Gasteiger partial charge in [0.15, 0.2) is 38.8 Å². The van der Waals surface area contributed by atoms with Gasteiger partial charge in [-0.15, -0.1) is 0 Å². The molecule has 2 saturated heterocycles. The molecule has 0 amide bonds. The molecular weight excluding hydrogens is 2310 g/mol. The maximum Gasteiger partial charge on any atom is 0.488 e. The van der Waals surface area contributed by atoms with Crippen LogP contribution in [-0.4, -0.2) is 138 Å². The van der Waals surface area contributed by atoms with E-state index in [1.54, 1.807) is 65.0 Å². The topological polar surface area (TPSA) is 307 Å². The Hall–Kier alpha value is -7.59. The summed E-state index contributed by atoms with van der Waals surface area (Å²) >= 11 is 41.1. The van der Waals surface area contributed by atoms with E-state index >= 15 is 0 Å². The number of benzene rings is 10. The molecule has 0 aromatic heterocycles. The summed E-state index contributed by atoms with van der Waals surface area (Å²) in [4.78, 5) is 86.1. The number of esters is 2. The van der Waals surface area contributed by atoms with Gasteiger partial charge in [-0.3, -0.25) is 37.9 Å². The first-order valence-corrected chi connectivity index (χ1v) is 54.2. The van der Waals surface area contributed by atoms with Crippen molar-refractivity contribution in [1.29, 1.82) is 0 Å². The lowest BCUT2D eigenvalue weighted by Gasteiger charge is -2.32. The maximum absolute atomic E-state index is 13.1. The van der Waals surface area contributed by atoms with Crippen LogP contribution in [-0.2, 0) is 85.2 Å². The van der Waals surface area contributed by atoms with Crippen LogP contribution in [0, 0.1) is 29.1 Å². The number of nitrogens with zero attached hydrogens (tertiary/aromatic N) is 1. The minimum Gasteiger partial charge on any atom is -0.460 e. The summed E-state index contributed by atoms with van der Waals surface area (Å²) < 4.78 is 171. The molecule has 21 nitrogen and oxygen atoms in total. The molecule has 2 fully saturated rings. The molecule has 2 heterocycles. The van der Waals surface area contributed by atoms with Crippen LogP contribution in [0.15, 0.2) is 210 Å². The monoisotopic (exact) mass is 2410 g/mol. The number of ether oxygens (including phenoxy) is 2. The minimum absolute atomic E-state index is 0.000276. The average Bonchev–Trinajstić information content (AvgIpc) is 1.59. The lowest BCUT2D eigenvalue weighted by Crippen LogP contribution is -2.41. The maximum atomic E-state index is 13.1. The van der Waals surface area contributed by atoms with Crippen LogP contribution in [0.25, 0.3) is 0 Å². The van der Waals surface area contributed by atoms with Crippen LogP contribution >= 0.6 is 137 Å². The number of nitrogens with two attached hydrogens (primary N) is 1. The number of halogens is 15. The molecule has 0 atom stereocenters. The normalized spacial score (nSPS) is 13.9. The summed E-state index contributed by atoms with van der Waals surface area (Å²) in [6.45, 7) is 33.8. The van der Waals surface area contributed by atoms with Crippen LogP contribution < -0.4 is 10.0 Å². The number of rotatable bonds is 24. The summed E-state index contributed by atoms with van der Waals surface area (Å²) in [7, 11) is -6.19. The Morgan fingerprint density at radius 2 is 0.671 bits per heavy atom. The molecule has 2 aliphatic rings. The molecule has 12 rings (SSSR count). The minimum atomic E-state index is -3.50. The third-order valence-electron chi connectivity index (χ3n) is 21.0. The Balaban J connectivity index is 0.000000255. The van der Waals surface area contributed by atoms with Crippen molar-refractivity contribution in [3.05, 3.63) is 332 Å². The van der Waals surface area contributed by atoms with E-state index in [0.29, 0.717) is 111 Å². The van der Waals surface area contributed by atoms with Crippen molar-refractivity contribution < 1.29 is 109 Å². The van der Waals surface area contributed by atoms with Gasteiger partial charge in [0.05, 0.1) is 73.9 Å². The van der Waals surface area contributed by atoms with E-state index in [2.05, 4.69) is 90.3 Å². The van der Waals surface area contributed by atoms with Gasteiger partial charge in [0.1, 0.15) is 40.3 Å². The third kappa shape index (κ3) is 36.0. The van der Waals surface area contributed by atoms with Crippen LogP contribution in [0.1, 0.15) is 227 Å². The predicted octanol–water partition coefficient (Wildman–Crippen LogP) is 26.4. The number of hydrogen-bond acceptors (Lipinski definition) is 20. The molecule has 0 bridgehead atoms. The van der Waals surface area contributed by atoms with Gasteiger partial charge in [-0.2, -0.15) is 0 Å². The van der Waals surface area contributed by atoms with E-state index in [0.717, 1.165) is 5.56 Å². The Bertz CT molecular complexity index is 6470. The Morgan fingerprint density at radius 3 is 0.979 bits per heavy atom. The molecule has 0 saturated carbocycles. The second kappa shape index (κ2) is 51.5. The highest BCUT2D eigenvalue weighted by molar-refractivity contribution is 9.11. The number of carbonyl (C=O) groups is 7. The van der Waals surface area contributed by atoms with E-state index in [-0.39, 0.29) is 121 Å². The number of carbonyl (C=O) groups excluding carboxylic acids is 7. The van der Waals surface area contributed by atoms with Gasteiger partial charge >= 0.3 is 26.0 Å². The molecule has 0 aliphatic carbocycles. The van der Waals surface area contributed by atoms with Gasteiger partial charge in [0.25, 0.3) is 0 Å². The second-order valence-electron chi connectivity index (χ2n) is 35.2. The van der Waals surface area contributed by atoms with E-state index in [4.69, 9.17) is 80.2 Å². The number of sulfone groups is 1. The van der Waals surface area contributed by atoms with Crippen molar-refractivity contribution in [2.75, 3.05) is 33.8 Å². The van der Waals surface area contributed by atoms with Gasteiger partial charge in [-0.05, 0) is 341 Å². The van der Waals surface area contributed by atoms with Crippen molar-refractivity contribution in [3.63, 3.8) is 0 Å². The largest absolute Gasteiger partial charge is 0.488 e. The average molecular weight is 2410 g/mol. The number of nitrogen functional groups attached to an aromatic ring is 1. The first-order chi connectivity index (χ1) is 64.6. The summed E-state index contributed by atoms with van der Waals surface area (Å²) in [6.07, 6.45) is 0.740. The van der Waals surface area contributed by atoms with Gasteiger partial charge < -0.3 is 33.8 Å². The van der Waals surface area contributed by atoms with E-state index < -0.39 is 83.4 Å². The fourth-order valence-corrected chi connectivity index (χ4v) is 18.2. The van der Waals surface area contributed by atoms with Crippen molar-refractivity contribution in [1.82, 2.24) is 0 Å². The SMILES string of the molecule is CC(C)(C)OC(=O)Cc1cc(Br)c(C(=O)c2ccc(F)cc2)cc1Cl.CC(C)(C)OC(=O)Cc1ccc(C(=O)c2ccc(F)cc2)c(Br)c1.CC1(C)OB(B2OC(C)(C)C(C)(C)O2)OC1(C)C.CCCN(c1cc(Br)c(C(=O)c2ccc(F)cc2)cc1Cl)S(=O)(=O)CC.CCS(=O)(=O)Cc1cc(Br)c(C(=O)c2ccc(F)cc2)cc1Cl.CCS(=O)(=O)Cl.Nc1cc(Br)c(C(=O)c2ccc(F)cc2)cc1Cl. The summed E-state index contributed by atoms with van der Waals surface area (Å²) in [5.74, 6) is -4.45. The van der Waals surface area contributed by atoms with Crippen LogP contribution in [0.5, 0.6) is 0 Å². The highest BCUT2D eigenvalue weighted by Gasteiger charge is 2.64. The third-order valence-corrected chi connectivity index (χ3v) is 30.4. The smallest absolute Gasteiger partial charge is 0.460 e. The zero-order valence-corrected chi connectivity index (χ0v) is 93.5. The summed E-state index contributed by atoms with van der Waals surface area (Å²) in [5.41, 5.74) is 9.00. The van der Waals surface area contributed by atoms with Crippen molar-refractivity contribution in [3.8, 4) is 0 Å². The molecule has 10 aromatic carbocycles. The second-order valence-corrected chi connectivity index (χ2v) is 48.7. The molecule has 10 aromatic rings. The van der Waals surface area contributed by atoms with Gasteiger partial charge in [0, 0.05) is 111 Å². The number of hydrogen-bond donors (Lipinski definition) is 1. The number of anilines is 2.